The van der Waals surface area contributed by atoms with Crippen molar-refractivity contribution in [3.8, 4) is 0 Å². The van der Waals surface area contributed by atoms with Crippen molar-refractivity contribution in [3.63, 3.8) is 0 Å². The number of anilines is 2. The Morgan fingerprint density at radius 3 is 2.10 bits per heavy atom. The van der Waals surface area contributed by atoms with E-state index in [1.807, 2.05) is 5.32 Å². The first-order valence-electron chi connectivity index (χ1n) is 7.90. The Kier molecular flexibility index (Phi) is 6.62. The van der Waals surface area contributed by atoms with Gasteiger partial charge in [0.25, 0.3) is 0 Å². The highest BCUT2D eigenvalue weighted by Gasteiger charge is 2.33. The van der Waals surface area contributed by atoms with Gasteiger partial charge in [-0.3, -0.25) is 9.10 Å². The molecule has 1 N–H and O–H groups in total. The average Bonchev–Trinajstić information content (AvgIpc) is 2.59. The lowest BCUT2D eigenvalue weighted by molar-refractivity contribution is -0.138. The Hall–Kier alpha value is -2.47. The lowest BCUT2D eigenvalue weighted by Crippen LogP contribution is -2.37. The molecule has 0 aliphatic rings. The van der Waals surface area contributed by atoms with Crippen molar-refractivity contribution in [2.75, 3.05) is 22.4 Å². The Labute approximate surface area is 172 Å². The molecule has 0 heterocycles. The quantitative estimate of drug-likeness (QED) is 0.634. The third-order valence-corrected chi connectivity index (χ3v) is 5.19. The number of rotatable bonds is 5. The second-order valence-corrected chi connectivity index (χ2v) is 8.37. The average molecular weight is 475 g/mol. The predicted octanol–water partition coefficient (Wildman–Crippen LogP) is 4.78. The van der Waals surface area contributed by atoms with Crippen LogP contribution in [0, 0.1) is 0 Å². The fourth-order valence-corrected chi connectivity index (χ4v) is 3.37. The SMILES string of the molecule is CS(=O)(=O)N(CC(=O)Nc1cc(C(F)(F)F)ccc1Cl)c1cccc(C(F)(F)F)c1. The van der Waals surface area contributed by atoms with Crippen LogP contribution in [0.1, 0.15) is 11.1 Å². The highest BCUT2D eigenvalue weighted by Crippen LogP contribution is 2.34. The maximum Gasteiger partial charge on any atom is 0.416 e. The summed E-state index contributed by atoms with van der Waals surface area (Å²) in [4.78, 5) is 12.3. The number of carbonyl (C=O) groups excluding carboxylic acids is 1. The number of hydrogen-bond donors (Lipinski definition) is 1. The van der Waals surface area contributed by atoms with Crippen LogP contribution in [0.2, 0.25) is 5.02 Å². The third-order valence-electron chi connectivity index (χ3n) is 3.72. The maximum atomic E-state index is 12.9. The summed E-state index contributed by atoms with van der Waals surface area (Å²) in [6.07, 6.45) is -8.81. The minimum atomic E-state index is -4.76. The third kappa shape index (κ3) is 6.02. The van der Waals surface area contributed by atoms with E-state index in [-0.39, 0.29) is 5.02 Å². The van der Waals surface area contributed by atoms with Crippen molar-refractivity contribution in [1.82, 2.24) is 0 Å². The number of amides is 1. The summed E-state index contributed by atoms with van der Waals surface area (Å²) >= 11 is 5.77. The molecule has 0 radical (unpaired) electrons. The molecule has 0 unspecified atom stereocenters. The van der Waals surface area contributed by atoms with Gasteiger partial charge >= 0.3 is 12.4 Å². The molecule has 0 aromatic heterocycles. The van der Waals surface area contributed by atoms with Gasteiger partial charge in [0, 0.05) is 0 Å². The van der Waals surface area contributed by atoms with Crippen molar-refractivity contribution in [1.29, 1.82) is 0 Å². The second-order valence-electron chi connectivity index (χ2n) is 6.06. The normalized spacial score (nSPS) is 12.5. The molecule has 0 aliphatic carbocycles. The summed E-state index contributed by atoms with van der Waals surface area (Å²) in [6.45, 7) is -0.993. The number of nitrogens with one attached hydrogen (secondary N) is 1. The number of hydrogen-bond acceptors (Lipinski definition) is 3. The molecule has 0 saturated heterocycles. The highest BCUT2D eigenvalue weighted by atomic mass is 35.5. The molecule has 0 spiro atoms. The fourth-order valence-electron chi connectivity index (χ4n) is 2.35. The summed E-state index contributed by atoms with van der Waals surface area (Å²) < 4.78 is 102. The number of sulfonamides is 1. The maximum absolute atomic E-state index is 12.9. The molecule has 1 amide bonds. The molecule has 2 aromatic carbocycles. The summed E-state index contributed by atoms with van der Waals surface area (Å²) in [6, 6.07) is 5.37. The van der Waals surface area contributed by atoms with E-state index in [9.17, 15) is 39.6 Å². The molecular formula is C17H13ClF6N2O3S. The largest absolute Gasteiger partial charge is 0.416 e. The van der Waals surface area contributed by atoms with Crippen molar-refractivity contribution < 1.29 is 39.6 Å². The number of halogens is 7. The van der Waals surface area contributed by atoms with Crippen LogP contribution in [-0.2, 0) is 27.2 Å². The first kappa shape index (κ1) is 23.8. The molecule has 0 fully saturated rings. The molecule has 0 aliphatic heterocycles. The van der Waals surface area contributed by atoms with Gasteiger partial charge in [-0.15, -0.1) is 0 Å². The van der Waals surface area contributed by atoms with E-state index < -0.39 is 57.3 Å². The summed E-state index contributed by atoms with van der Waals surface area (Å²) in [5.41, 5.74) is -3.14. The van der Waals surface area contributed by atoms with Crippen LogP contribution in [0.4, 0.5) is 37.7 Å². The summed E-state index contributed by atoms with van der Waals surface area (Å²) in [5, 5.41) is 1.79. The predicted molar refractivity (Wildman–Crippen MR) is 98.7 cm³/mol. The number of nitrogens with zero attached hydrogens (tertiary/aromatic N) is 1. The van der Waals surface area contributed by atoms with Gasteiger partial charge in [0.2, 0.25) is 15.9 Å². The Morgan fingerprint density at radius 2 is 1.57 bits per heavy atom. The van der Waals surface area contributed by atoms with Gasteiger partial charge < -0.3 is 5.32 Å². The minimum absolute atomic E-state index is 0.249. The lowest BCUT2D eigenvalue weighted by atomic mass is 10.2. The molecule has 164 valence electrons. The van der Waals surface area contributed by atoms with Crippen LogP contribution in [-0.4, -0.2) is 27.1 Å². The second kappa shape index (κ2) is 8.34. The van der Waals surface area contributed by atoms with Crippen molar-refractivity contribution in [2.45, 2.75) is 12.4 Å². The standard InChI is InChI=1S/C17H13ClF6N2O3S/c1-30(28,29)26(12-4-2-3-10(7-12)16(19,20)21)9-15(27)25-14-8-11(17(22,23)24)5-6-13(14)18/h2-8H,9H2,1H3,(H,25,27). The zero-order valence-corrected chi connectivity index (χ0v) is 16.5. The topological polar surface area (TPSA) is 66.5 Å². The summed E-state index contributed by atoms with van der Waals surface area (Å²) in [5.74, 6) is -1.11. The smallest absolute Gasteiger partial charge is 0.323 e. The zero-order valence-electron chi connectivity index (χ0n) is 15.0. The van der Waals surface area contributed by atoms with E-state index in [4.69, 9.17) is 11.6 Å². The van der Waals surface area contributed by atoms with Gasteiger partial charge in [0.1, 0.15) is 6.54 Å². The van der Waals surface area contributed by atoms with Gasteiger partial charge in [0.05, 0.1) is 33.8 Å². The van der Waals surface area contributed by atoms with Crippen LogP contribution in [0.3, 0.4) is 0 Å². The first-order chi connectivity index (χ1) is 13.6. The van der Waals surface area contributed by atoms with Gasteiger partial charge in [-0.2, -0.15) is 26.3 Å². The van der Waals surface area contributed by atoms with Crippen molar-refractivity contribution >= 4 is 38.9 Å². The van der Waals surface area contributed by atoms with E-state index in [1.165, 1.54) is 0 Å². The van der Waals surface area contributed by atoms with E-state index in [1.54, 1.807) is 0 Å². The number of carbonyl (C=O) groups is 1. The Balaban J connectivity index is 2.33. The van der Waals surface area contributed by atoms with Crippen molar-refractivity contribution in [2.24, 2.45) is 0 Å². The molecule has 0 bridgehead atoms. The first-order valence-corrected chi connectivity index (χ1v) is 10.1. The lowest BCUT2D eigenvalue weighted by Gasteiger charge is -2.23. The molecular weight excluding hydrogens is 462 g/mol. The zero-order chi connectivity index (χ0) is 22.9. The Bertz CT molecular complexity index is 1050. The highest BCUT2D eigenvalue weighted by molar-refractivity contribution is 7.92. The van der Waals surface area contributed by atoms with Crippen LogP contribution < -0.4 is 9.62 Å². The molecule has 13 heteroatoms. The van der Waals surface area contributed by atoms with Crippen molar-refractivity contribution in [3.05, 3.63) is 58.6 Å². The van der Waals surface area contributed by atoms with E-state index in [0.29, 0.717) is 34.8 Å². The molecule has 30 heavy (non-hydrogen) atoms. The number of benzene rings is 2. The van der Waals surface area contributed by atoms with Gasteiger partial charge in [-0.25, -0.2) is 8.42 Å². The van der Waals surface area contributed by atoms with E-state index in [2.05, 4.69) is 0 Å². The Morgan fingerprint density at radius 1 is 1.00 bits per heavy atom. The molecule has 2 aromatic rings. The minimum Gasteiger partial charge on any atom is -0.323 e. The molecule has 5 nitrogen and oxygen atoms in total. The number of alkyl halides is 6. The van der Waals surface area contributed by atoms with Gasteiger partial charge in [-0.05, 0) is 36.4 Å². The van der Waals surface area contributed by atoms with Crippen LogP contribution in [0.15, 0.2) is 42.5 Å². The monoisotopic (exact) mass is 474 g/mol. The van der Waals surface area contributed by atoms with Crippen LogP contribution in [0.5, 0.6) is 0 Å². The van der Waals surface area contributed by atoms with E-state index >= 15 is 0 Å². The molecule has 0 saturated carbocycles. The van der Waals surface area contributed by atoms with Crippen LogP contribution >= 0.6 is 11.6 Å². The summed E-state index contributed by atoms with van der Waals surface area (Å²) in [7, 11) is -4.22. The van der Waals surface area contributed by atoms with Gasteiger partial charge in [-0.1, -0.05) is 17.7 Å². The molecule has 0 atom stereocenters. The van der Waals surface area contributed by atoms with E-state index in [0.717, 1.165) is 18.2 Å². The molecule has 2 rings (SSSR count). The van der Waals surface area contributed by atoms with Gasteiger partial charge in [0.15, 0.2) is 0 Å². The van der Waals surface area contributed by atoms with Crippen LogP contribution in [0.25, 0.3) is 0 Å². The fraction of sp³-hybridized carbons (Fsp3) is 0.235.